The number of carbonyl (C=O) groups is 1. The summed E-state index contributed by atoms with van der Waals surface area (Å²) in [6.45, 7) is 6.02. The number of pyridine rings is 1. The quantitative estimate of drug-likeness (QED) is 0.740. The zero-order valence-electron chi connectivity index (χ0n) is 16.2. The van der Waals surface area contributed by atoms with E-state index in [1.807, 2.05) is 26.0 Å². The normalized spacial score (nSPS) is 24.9. The van der Waals surface area contributed by atoms with Crippen molar-refractivity contribution in [2.45, 2.75) is 63.3 Å². The highest BCUT2D eigenvalue weighted by atomic mass is 32.2. The van der Waals surface area contributed by atoms with E-state index in [-0.39, 0.29) is 11.9 Å². The van der Waals surface area contributed by atoms with E-state index in [0.717, 1.165) is 33.9 Å². The van der Waals surface area contributed by atoms with Gasteiger partial charge in [0.2, 0.25) is 0 Å². The van der Waals surface area contributed by atoms with Gasteiger partial charge < -0.3 is 9.84 Å². The van der Waals surface area contributed by atoms with E-state index in [9.17, 15) is 4.79 Å². The van der Waals surface area contributed by atoms with Gasteiger partial charge in [0.25, 0.3) is 5.91 Å². The SMILES string of the molecule is Cc1noc(C)c1CSc1ncccc1C(=O)NC(C)C1CC2CCC1C2. The van der Waals surface area contributed by atoms with Crippen LogP contribution in [0.1, 0.15) is 60.0 Å². The number of rotatable bonds is 6. The van der Waals surface area contributed by atoms with E-state index < -0.39 is 0 Å². The number of amides is 1. The monoisotopic (exact) mass is 385 g/mol. The van der Waals surface area contributed by atoms with Crippen LogP contribution in [-0.2, 0) is 5.75 Å². The lowest BCUT2D eigenvalue weighted by atomic mass is 9.84. The lowest BCUT2D eigenvalue weighted by Crippen LogP contribution is -2.40. The van der Waals surface area contributed by atoms with Crippen molar-refractivity contribution in [3.63, 3.8) is 0 Å². The number of fused-ring (bicyclic) bond motifs is 2. The molecule has 1 N–H and O–H groups in total. The summed E-state index contributed by atoms with van der Waals surface area (Å²) in [4.78, 5) is 17.4. The molecular formula is C21H27N3O2S. The van der Waals surface area contributed by atoms with Crippen LogP contribution in [-0.4, -0.2) is 22.1 Å². The van der Waals surface area contributed by atoms with Gasteiger partial charge in [-0.25, -0.2) is 4.98 Å². The highest BCUT2D eigenvalue weighted by molar-refractivity contribution is 7.98. The molecule has 4 atom stereocenters. The Labute approximate surface area is 164 Å². The van der Waals surface area contributed by atoms with Gasteiger partial charge in [0.1, 0.15) is 10.8 Å². The summed E-state index contributed by atoms with van der Waals surface area (Å²) in [6.07, 6.45) is 7.09. The molecule has 0 radical (unpaired) electrons. The van der Waals surface area contributed by atoms with Crippen LogP contribution in [0.4, 0.5) is 0 Å². The largest absolute Gasteiger partial charge is 0.361 e. The maximum absolute atomic E-state index is 12.9. The van der Waals surface area contributed by atoms with Crippen LogP contribution in [0.3, 0.4) is 0 Å². The first-order chi connectivity index (χ1) is 13.0. The summed E-state index contributed by atoms with van der Waals surface area (Å²) in [6, 6.07) is 3.91. The Morgan fingerprint density at radius 1 is 1.37 bits per heavy atom. The Balaban J connectivity index is 1.43. The van der Waals surface area contributed by atoms with Crippen molar-refractivity contribution in [2.75, 3.05) is 0 Å². The van der Waals surface area contributed by atoms with Gasteiger partial charge in [-0.2, -0.15) is 0 Å². The molecule has 2 aliphatic rings. The van der Waals surface area contributed by atoms with Crippen molar-refractivity contribution in [3.05, 3.63) is 40.9 Å². The Kier molecular flexibility index (Phi) is 5.26. The second kappa shape index (κ2) is 7.66. The molecule has 2 aliphatic carbocycles. The van der Waals surface area contributed by atoms with E-state index in [1.165, 1.54) is 25.7 Å². The van der Waals surface area contributed by atoms with Crippen LogP contribution in [0.5, 0.6) is 0 Å². The third kappa shape index (κ3) is 3.77. The second-order valence-corrected chi connectivity index (χ2v) is 9.01. The molecule has 0 saturated heterocycles. The zero-order valence-corrected chi connectivity index (χ0v) is 17.0. The topological polar surface area (TPSA) is 68.0 Å². The van der Waals surface area contributed by atoms with Crippen LogP contribution in [0, 0.1) is 31.6 Å². The molecule has 0 aliphatic heterocycles. The summed E-state index contributed by atoms with van der Waals surface area (Å²) in [7, 11) is 0. The second-order valence-electron chi connectivity index (χ2n) is 8.05. The number of thioether (sulfide) groups is 1. The van der Waals surface area contributed by atoms with Crippen LogP contribution in [0.2, 0.25) is 0 Å². The molecule has 2 aromatic heterocycles. The Morgan fingerprint density at radius 3 is 2.89 bits per heavy atom. The van der Waals surface area contributed by atoms with Crippen molar-refractivity contribution >= 4 is 17.7 Å². The molecule has 2 aromatic rings. The van der Waals surface area contributed by atoms with Crippen LogP contribution < -0.4 is 5.32 Å². The maximum atomic E-state index is 12.9. The summed E-state index contributed by atoms with van der Waals surface area (Å²) in [5.74, 6) is 3.82. The summed E-state index contributed by atoms with van der Waals surface area (Å²) in [5, 5.41) is 8.02. The molecule has 2 fully saturated rings. The van der Waals surface area contributed by atoms with Crippen LogP contribution in [0.15, 0.2) is 27.9 Å². The fourth-order valence-electron chi connectivity index (χ4n) is 4.83. The first kappa shape index (κ1) is 18.5. The summed E-state index contributed by atoms with van der Waals surface area (Å²) < 4.78 is 5.23. The Morgan fingerprint density at radius 2 is 2.22 bits per heavy atom. The smallest absolute Gasteiger partial charge is 0.254 e. The molecule has 144 valence electrons. The molecule has 2 saturated carbocycles. The number of carbonyl (C=O) groups excluding carboxylic acids is 1. The minimum atomic E-state index is -0.0142. The summed E-state index contributed by atoms with van der Waals surface area (Å²) in [5.41, 5.74) is 2.63. The van der Waals surface area contributed by atoms with Crippen molar-refractivity contribution in [2.24, 2.45) is 17.8 Å². The Bertz CT molecular complexity index is 815. The van der Waals surface area contributed by atoms with E-state index in [2.05, 4.69) is 22.4 Å². The maximum Gasteiger partial charge on any atom is 0.254 e. The number of aryl methyl sites for hydroxylation is 2. The predicted octanol–water partition coefficient (Wildman–Crippen LogP) is 4.53. The van der Waals surface area contributed by atoms with E-state index in [4.69, 9.17) is 4.52 Å². The fourth-order valence-corrected chi connectivity index (χ4v) is 5.97. The lowest BCUT2D eigenvalue weighted by molar-refractivity contribution is 0.0911. The Hall–Kier alpha value is -1.82. The van der Waals surface area contributed by atoms with Gasteiger partial charge >= 0.3 is 0 Å². The highest BCUT2D eigenvalue weighted by Gasteiger charge is 2.42. The van der Waals surface area contributed by atoms with E-state index in [1.54, 1.807) is 18.0 Å². The third-order valence-electron chi connectivity index (χ3n) is 6.34. The molecule has 6 heteroatoms. The van der Waals surface area contributed by atoms with Crippen molar-refractivity contribution in [1.82, 2.24) is 15.5 Å². The van der Waals surface area contributed by atoms with E-state index >= 15 is 0 Å². The predicted molar refractivity (Wildman–Crippen MR) is 106 cm³/mol. The van der Waals surface area contributed by atoms with Crippen molar-refractivity contribution in [3.8, 4) is 0 Å². The molecule has 5 nitrogen and oxygen atoms in total. The van der Waals surface area contributed by atoms with Crippen molar-refractivity contribution in [1.29, 1.82) is 0 Å². The molecule has 27 heavy (non-hydrogen) atoms. The van der Waals surface area contributed by atoms with E-state index in [0.29, 0.717) is 17.2 Å². The van der Waals surface area contributed by atoms with Gasteiger partial charge in [-0.05, 0) is 69.9 Å². The first-order valence-corrected chi connectivity index (χ1v) is 10.8. The lowest BCUT2D eigenvalue weighted by Gasteiger charge is -2.28. The number of aromatic nitrogens is 2. The van der Waals surface area contributed by atoms with Crippen LogP contribution >= 0.6 is 11.8 Å². The molecule has 4 rings (SSSR count). The molecule has 0 spiro atoms. The zero-order chi connectivity index (χ0) is 19.0. The summed E-state index contributed by atoms with van der Waals surface area (Å²) >= 11 is 1.56. The first-order valence-electron chi connectivity index (χ1n) is 9.83. The van der Waals surface area contributed by atoms with Gasteiger partial charge in [-0.15, -0.1) is 11.8 Å². The minimum absolute atomic E-state index is 0.0142. The van der Waals surface area contributed by atoms with Crippen LogP contribution in [0.25, 0.3) is 0 Å². The molecule has 2 bridgehead atoms. The van der Waals surface area contributed by atoms with Gasteiger partial charge in [0.15, 0.2) is 0 Å². The third-order valence-corrected chi connectivity index (χ3v) is 7.38. The van der Waals surface area contributed by atoms with Gasteiger partial charge in [0.05, 0.1) is 11.3 Å². The number of nitrogens with zero attached hydrogens (tertiary/aromatic N) is 2. The average Bonchev–Trinajstić information content (AvgIpc) is 3.37. The molecule has 2 heterocycles. The number of hydrogen-bond acceptors (Lipinski definition) is 5. The average molecular weight is 386 g/mol. The molecule has 4 unspecified atom stereocenters. The highest BCUT2D eigenvalue weighted by Crippen LogP contribution is 2.49. The van der Waals surface area contributed by atoms with Gasteiger partial charge in [-0.3, -0.25) is 4.79 Å². The number of nitrogens with one attached hydrogen (secondary N) is 1. The van der Waals surface area contributed by atoms with Crippen molar-refractivity contribution < 1.29 is 9.32 Å². The standard InChI is InChI=1S/C21H27N3O2S/c1-12(18-10-15-6-7-16(18)9-15)23-20(25)17-5-4-8-22-21(17)27-11-19-13(2)24-26-14(19)3/h4-5,8,12,15-16,18H,6-7,9-11H2,1-3H3,(H,23,25). The molecule has 0 aromatic carbocycles. The van der Waals surface area contributed by atoms with Gasteiger partial charge in [-0.1, -0.05) is 11.6 Å². The minimum Gasteiger partial charge on any atom is -0.361 e. The fraction of sp³-hybridized carbons (Fsp3) is 0.571. The molecule has 1 amide bonds. The molecular weight excluding hydrogens is 358 g/mol. The van der Waals surface area contributed by atoms with Gasteiger partial charge in [0, 0.05) is 23.6 Å². The number of hydrogen-bond donors (Lipinski definition) is 1.